The number of ether oxygens (including phenoxy) is 3. The van der Waals surface area contributed by atoms with Crippen LogP contribution in [-0.2, 0) is 14.3 Å². The summed E-state index contributed by atoms with van der Waals surface area (Å²) in [5, 5.41) is 26.8. The van der Waals surface area contributed by atoms with Gasteiger partial charge in [0, 0.05) is 0 Å². The molecule has 0 atom stereocenters. The van der Waals surface area contributed by atoms with Crippen LogP contribution in [0.2, 0.25) is 0 Å². The van der Waals surface area contributed by atoms with Crippen LogP contribution in [0, 0.1) is 0 Å². The number of methoxy groups -OCH3 is 1. The number of nitrogens with two attached hydrogens (primary N) is 1. The van der Waals surface area contributed by atoms with Crippen LogP contribution >= 0.6 is 0 Å². The van der Waals surface area contributed by atoms with Crippen molar-refractivity contribution in [1.82, 2.24) is 0 Å². The first kappa shape index (κ1) is 19.8. The van der Waals surface area contributed by atoms with Gasteiger partial charge in [-0.05, 0) is 37.6 Å². The summed E-state index contributed by atoms with van der Waals surface area (Å²) < 4.78 is 14.6. The topological polar surface area (TPSA) is 136 Å². The fourth-order valence-corrected chi connectivity index (χ4v) is 1.71. The lowest BCUT2D eigenvalue weighted by molar-refractivity contribution is -0.138. The van der Waals surface area contributed by atoms with Crippen LogP contribution in [0.5, 0.6) is 11.5 Å². The average Bonchev–Trinajstić information content (AvgIpc) is 2.55. The highest BCUT2D eigenvalue weighted by molar-refractivity contribution is 6.18. The van der Waals surface area contributed by atoms with Crippen molar-refractivity contribution in [3.05, 3.63) is 35.3 Å². The van der Waals surface area contributed by atoms with Gasteiger partial charge in [-0.25, -0.2) is 4.79 Å². The summed E-state index contributed by atoms with van der Waals surface area (Å²) in [6.45, 7) is 3.44. The van der Waals surface area contributed by atoms with Gasteiger partial charge in [0.25, 0.3) is 5.95 Å². The molecule has 0 aromatic heterocycles. The van der Waals surface area contributed by atoms with E-state index >= 15 is 0 Å². The number of esters is 1. The number of aromatic hydroxyl groups is 1. The molecule has 1 aromatic rings. The molecule has 0 amide bonds. The monoisotopic (exact) mass is 351 g/mol. The minimum Gasteiger partial charge on any atom is -0.504 e. The summed E-state index contributed by atoms with van der Waals surface area (Å²) in [5.74, 6) is -1.70. The molecular formula is C16H21N3O6. The van der Waals surface area contributed by atoms with E-state index in [2.05, 4.69) is 10.2 Å². The number of carbonyl (C=O) groups is 1. The number of hydrogen-bond donors (Lipinski definition) is 3. The zero-order valence-corrected chi connectivity index (χ0v) is 14.2. The molecule has 25 heavy (non-hydrogen) atoms. The summed E-state index contributed by atoms with van der Waals surface area (Å²) in [6.07, 6.45) is 1.30. The lowest BCUT2D eigenvalue weighted by Crippen LogP contribution is -2.25. The third-order valence-corrected chi connectivity index (χ3v) is 2.81. The third-order valence-electron chi connectivity index (χ3n) is 2.81. The largest absolute Gasteiger partial charge is 0.504 e. The fourth-order valence-electron chi connectivity index (χ4n) is 1.71. The van der Waals surface area contributed by atoms with Gasteiger partial charge in [-0.15, -0.1) is 5.10 Å². The molecule has 4 N–H and O–H groups in total. The summed E-state index contributed by atoms with van der Waals surface area (Å²) in [6, 6.07) is 4.59. The van der Waals surface area contributed by atoms with Crippen LogP contribution in [0.4, 0.5) is 0 Å². The van der Waals surface area contributed by atoms with Crippen LogP contribution < -0.4 is 10.5 Å². The Morgan fingerprint density at radius 2 is 1.96 bits per heavy atom. The number of phenols is 1. The maximum atomic E-state index is 11.9. The number of phenolic OH excluding ortho intramolecular Hbond substituents is 1. The van der Waals surface area contributed by atoms with Crippen LogP contribution in [0.15, 0.2) is 39.9 Å². The molecule has 9 heteroatoms. The summed E-state index contributed by atoms with van der Waals surface area (Å²) in [7, 11) is 1.43. The first-order valence-electron chi connectivity index (χ1n) is 7.41. The Hall–Kier alpha value is -3.23. The van der Waals surface area contributed by atoms with Crippen LogP contribution in [-0.4, -0.2) is 48.6 Å². The number of carbonyl (C=O) groups excluding carboxylic acids is 1. The van der Waals surface area contributed by atoms with Gasteiger partial charge in [-0.2, -0.15) is 5.10 Å². The SMILES string of the molecule is CCOC(=O)C(C(N)=N/N=C/c1ccc(OC)c(O)c1)=C(O)OCC. The molecule has 0 unspecified atom stereocenters. The van der Waals surface area contributed by atoms with Crippen molar-refractivity contribution in [3.63, 3.8) is 0 Å². The van der Waals surface area contributed by atoms with Gasteiger partial charge in [0.05, 0.1) is 26.5 Å². The molecule has 0 aliphatic heterocycles. The second-order valence-electron chi connectivity index (χ2n) is 4.49. The summed E-state index contributed by atoms with van der Waals surface area (Å²) >= 11 is 0. The first-order chi connectivity index (χ1) is 11.9. The molecule has 0 fully saturated rings. The number of hydrogen-bond acceptors (Lipinski definition) is 8. The molecule has 1 aromatic carbocycles. The molecule has 0 aliphatic carbocycles. The van der Waals surface area contributed by atoms with Crippen molar-refractivity contribution in [2.75, 3.05) is 20.3 Å². The Labute approximate surface area is 145 Å². The Bertz CT molecular complexity index is 697. The van der Waals surface area contributed by atoms with E-state index in [9.17, 15) is 15.0 Å². The molecule has 9 nitrogen and oxygen atoms in total. The van der Waals surface area contributed by atoms with E-state index in [0.717, 1.165) is 0 Å². The van der Waals surface area contributed by atoms with Crippen LogP contribution in [0.1, 0.15) is 19.4 Å². The zero-order valence-electron chi connectivity index (χ0n) is 14.2. The molecule has 0 radical (unpaired) electrons. The van der Waals surface area contributed by atoms with E-state index in [1.54, 1.807) is 26.0 Å². The van der Waals surface area contributed by atoms with E-state index < -0.39 is 17.5 Å². The van der Waals surface area contributed by atoms with Crippen molar-refractivity contribution in [2.45, 2.75) is 13.8 Å². The van der Waals surface area contributed by atoms with Gasteiger partial charge in [0.2, 0.25) is 0 Å². The van der Waals surface area contributed by atoms with Gasteiger partial charge in [-0.1, -0.05) is 0 Å². The fraction of sp³-hybridized carbons (Fsp3) is 0.312. The number of amidine groups is 1. The average molecular weight is 351 g/mol. The van der Waals surface area contributed by atoms with E-state index in [1.165, 1.54) is 19.4 Å². The predicted octanol–water partition coefficient (Wildman–Crippen LogP) is 1.46. The summed E-state index contributed by atoms with van der Waals surface area (Å²) in [5.41, 5.74) is 5.79. The highest BCUT2D eigenvalue weighted by Crippen LogP contribution is 2.25. The highest BCUT2D eigenvalue weighted by atomic mass is 16.6. The van der Waals surface area contributed by atoms with Crippen molar-refractivity contribution in [2.24, 2.45) is 15.9 Å². The lowest BCUT2D eigenvalue weighted by atomic mass is 10.2. The lowest BCUT2D eigenvalue weighted by Gasteiger charge is -2.08. The molecule has 0 spiro atoms. The minimum absolute atomic E-state index is 0.0653. The van der Waals surface area contributed by atoms with Crippen LogP contribution in [0.25, 0.3) is 0 Å². The number of nitrogens with zero attached hydrogens (tertiary/aromatic N) is 2. The van der Waals surface area contributed by atoms with E-state index in [0.29, 0.717) is 11.3 Å². The smallest absolute Gasteiger partial charge is 0.349 e. The Balaban J connectivity index is 3.04. The van der Waals surface area contributed by atoms with E-state index in [1.807, 2.05) is 0 Å². The predicted molar refractivity (Wildman–Crippen MR) is 91.8 cm³/mol. The second kappa shape index (κ2) is 9.81. The normalized spacial score (nSPS) is 12.7. The number of aliphatic hydroxyl groups is 1. The van der Waals surface area contributed by atoms with E-state index in [-0.39, 0.29) is 24.8 Å². The Morgan fingerprint density at radius 1 is 1.28 bits per heavy atom. The quantitative estimate of drug-likeness (QED) is 0.161. The minimum atomic E-state index is -0.882. The molecule has 1 rings (SSSR count). The molecule has 0 heterocycles. The van der Waals surface area contributed by atoms with Gasteiger partial charge >= 0.3 is 5.97 Å². The standard InChI is InChI=1S/C16H21N3O6/c1-4-24-15(21)13(16(22)25-5-2)14(17)19-18-9-10-6-7-12(23-3)11(20)8-10/h6-9,20-21H,4-5H2,1-3H3,(H2,17,19)/b15-13?,18-9+. The Morgan fingerprint density at radius 3 is 2.52 bits per heavy atom. The van der Waals surface area contributed by atoms with Gasteiger partial charge in [-0.3, -0.25) is 0 Å². The van der Waals surface area contributed by atoms with Crippen molar-refractivity contribution >= 4 is 18.0 Å². The molecule has 0 bridgehead atoms. The molecule has 0 saturated carbocycles. The molecule has 0 aliphatic rings. The molecular weight excluding hydrogens is 330 g/mol. The van der Waals surface area contributed by atoms with Gasteiger partial charge in [0.1, 0.15) is 0 Å². The number of aliphatic hydroxyl groups excluding tert-OH is 1. The number of benzene rings is 1. The van der Waals surface area contributed by atoms with Crippen molar-refractivity contribution in [3.8, 4) is 11.5 Å². The highest BCUT2D eigenvalue weighted by Gasteiger charge is 2.22. The maximum Gasteiger partial charge on any atom is 0.349 e. The maximum absolute atomic E-state index is 11.9. The zero-order chi connectivity index (χ0) is 18.8. The third kappa shape index (κ3) is 5.72. The molecule has 0 saturated heterocycles. The van der Waals surface area contributed by atoms with E-state index in [4.69, 9.17) is 19.9 Å². The first-order valence-corrected chi connectivity index (χ1v) is 7.41. The van der Waals surface area contributed by atoms with Crippen molar-refractivity contribution in [1.29, 1.82) is 0 Å². The van der Waals surface area contributed by atoms with Gasteiger partial charge in [0.15, 0.2) is 22.9 Å². The van der Waals surface area contributed by atoms with Crippen LogP contribution in [0.3, 0.4) is 0 Å². The Kier molecular flexibility index (Phi) is 7.77. The number of rotatable bonds is 8. The second-order valence-corrected chi connectivity index (χ2v) is 4.49. The summed E-state index contributed by atoms with van der Waals surface area (Å²) in [4.78, 5) is 11.9. The molecule has 136 valence electrons. The van der Waals surface area contributed by atoms with Crippen molar-refractivity contribution < 1.29 is 29.2 Å². The van der Waals surface area contributed by atoms with Gasteiger partial charge < -0.3 is 30.2 Å².